The van der Waals surface area contributed by atoms with Crippen molar-refractivity contribution in [3.63, 3.8) is 0 Å². The lowest BCUT2D eigenvalue weighted by molar-refractivity contribution is -0.123. The molecule has 0 heterocycles. The van der Waals surface area contributed by atoms with Gasteiger partial charge in [0.2, 0.25) is 5.91 Å². The minimum absolute atomic E-state index is 0.0648. The van der Waals surface area contributed by atoms with Crippen LogP contribution in [0.25, 0.3) is 0 Å². The summed E-state index contributed by atoms with van der Waals surface area (Å²) in [6, 6.07) is -0.613. The van der Waals surface area contributed by atoms with Crippen LogP contribution in [0.2, 0.25) is 0 Å². The first kappa shape index (κ1) is 49.1. The second-order valence-corrected chi connectivity index (χ2v) is 15.8. The van der Waals surface area contributed by atoms with E-state index in [4.69, 9.17) is 0 Å². The molecule has 4 heteroatoms. The third-order valence-corrected chi connectivity index (χ3v) is 10.8. The van der Waals surface area contributed by atoms with Gasteiger partial charge in [0.1, 0.15) is 0 Å². The van der Waals surface area contributed by atoms with Crippen molar-refractivity contribution in [3.05, 3.63) is 12.2 Å². The van der Waals surface area contributed by atoms with Gasteiger partial charge in [-0.3, -0.25) is 4.79 Å². The van der Waals surface area contributed by atoms with E-state index in [0.717, 1.165) is 25.7 Å². The van der Waals surface area contributed by atoms with Crippen LogP contribution in [0.15, 0.2) is 12.2 Å². The summed E-state index contributed by atoms with van der Waals surface area (Å²) in [7, 11) is 0. The second-order valence-electron chi connectivity index (χ2n) is 15.8. The molecule has 0 aromatic carbocycles. The van der Waals surface area contributed by atoms with Crippen molar-refractivity contribution >= 4 is 5.91 Å². The van der Waals surface area contributed by atoms with Gasteiger partial charge in [0.05, 0.1) is 18.8 Å². The van der Waals surface area contributed by atoms with Crippen LogP contribution >= 0.6 is 0 Å². The molecule has 3 N–H and O–H groups in total. The zero-order valence-corrected chi connectivity index (χ0v) is 34.2. The van der Waals surface area contributed by atoms with Gasteiger partial charge in [0.25, 0.3) is 0 Å². The molecule has 0 saturated carbocycles. The summed E-state index contributed by atoms with van der Waals surface area (Å²) in [4.78, 5) is 12.3. The zero-order valence-electron chi connectivity index (χ0n) is 34.2. The van der Waals surface area contributed by atoms with E-state index in [1.807, 2.05) is 6.08 Å². The molecule has 0 aliphatic heterocycles. The molecule has 50 heavy (non-hydrogen) atoms. The quantitative estimate of drug-likeness (QED) is 0.0437. The summed E-state index contributed by atoms with van der Waals surface area (Å²) >= 11 is 0. The van der Waals surface area contributed by atoms with Gasteiger partial charge < -0.3 is 15.5 Å². The van der Waals surface area contributed by atoms with Crippen molar-refractivity contribution in [1.82, 2.24) is 5.32 Å². The summed E-state index contributed by atoms with van der Waals surface area (Å²) in [5, 5.41) is 22.7. The van der Waals surface area contributed by atoms with Gasteiger partial charge in [-0.1, -0.05) is 244 Å². The lowest BCUT2D eigenvalue weighted by atomic mass is 10.0. The number of amides is 1. The van der Waals surface area contributed by atoms with Crippen molar-refractivity contribution in [1.29, 1.82) is 0 Å². The fraction of sp³-hybridized carbons (Fsp3) is 0.935. The fourth-order valence-corrected chi connectivity index (χ4v) is 7.24. The molecule has 0 aromatic heterocycles. The Hall–Kier alpha value is -0.870. The third kappa shape index (κ3) is 38.4. The van der Waals surface area contributed by atoms with E-state index in [2.05, 4.69) is 19.2 Å². The largest absolute Gasteiger partial charge is 0.394 e. The van der Waals surface area contributed by atoms with Gasteiger partial charge in [0, 0.05) is 6.42 Å². The number of aliphatic hydroxyl groups is 2. The number of allylic oxidation sites excluding steroid dienone is 1. The van der Waals surface area contributed by atoms with E-state index in [-0.39, 0.29) is 12.5 Å². The normalized spacial score (nSPS) is 13.0. The maximum absolute atomic E-state index is 12.3. The Morgan fingerprint density at radius 1 is 0.460 bits per heavy atom. The number of hydrogen-bond acceptors (Lipinski definition) is 3. The first-order valence-corrected chi connectivity index (χ1v) is 22.9. The first-order chi connectivity index (χ1) is 24.7. The summed E-state index contributed by atoms with van der Waals surface area (Å²) in [6.07, 6.45) is 53.8. The van der Waals surface area contributed by atoms with Crippen LogP contribution in [0.1, 0.15) is 258 Å². The number of unbranched alkanes of at least 4 members (excludes halogenated alkanes) is 35. The highest BCUT2D eigenvalue weighted by Crippen LogP contribution is 2.17. The monoisotopic (exact) mass is 706 g/mol. The molecule has 0 aliphatic carbocycles. The van der Waals surface area contributed by atoms with Crippen molar-refractivity contribution in [2.24, 2.45) is 0 Å². The van der Waals surface area contributed by atoms with Gasteiger partial charge in [-0.25, -0.2) is 0 Å². The molecule has 2 unspecified atom stereocenters. The Bertz CT molecular complexity index is 680. The molecule has 0 rings (SSSR count). The van der Waals surface area contributed by atoms with Crippen molar-refractivity contribution in [3.8, 4) is 0 Å². The third-order valence-electron chi connectivity index (χ3n) is 10.8. The van der Waals surface area contributed by atoms with E-state index in [1.54, 1.807) is 6.08 Å². The van der Waals surface area contributed by atoms with Crippen LogP contribution < -0.4 is 5.32 Å². The minimum Gasteiger partial charge on any atom is -0.394 e. The standard InChI is InChI=1S/C46H91NO3/c1-3-5-7-9-11-12-13-14-15-16-17-18-19-20-21-22-23-24-25-26-27-28-29-30-31-32-33-34-35-36-38-40-42-46(50)47-44(43-48)45(49)41-39-37-10-8-6-4-2/h39,41,44-45,48-49H,3-38,40,42-43H2,1-2H3,(H,47,50)/b41-39+. The number of nitrogens with one attached hydrogen (secondary N) is 1. The molecule has 0 radical (unpaired) electrons. The van der Waals surface area contributed by atoms with E-state index in [9.17, 15) is 15.0 Å². The molecular formula is C46H91NO3. The summed E-state index contributed by atoms with van der Waals surface area (Å²) < 4.78 is 0. The fourth-order valence-electron chi connectivity index (χ4n) is 7.24. The Balaban J connectivity index is 3.31. The Kier molecular flexibility index (Phi) is 41.8. The SMILES string of the molecule is CCCCCC/C=C/C(O)C(CO)NC(=O)CCCCCCCCCCCCCCCCCCCCCCCCCCCCCCCCCC. The first-order valence-electron chi connectivity index (χ1n) is 22.9. The van der Waals surface area contributed by atoms with Crippen LogP contribution in [0.3, 0.4) is 0 Å². The topological polar surface area (TPSA) is 69.6 Å². The Labute approximate surface area is 314 Å². The lowest BCUT2D eigenvalue weighted by Crippen LogP contribution is -2.45. The highest BCUT2D eigenvalue weighted by molar-refractivity contribution is 5.76. The van der Waals surface area contributed by atoms with E-state index < -0.39 is 12.1 Å². The number of hydrogen-bond donors (Lipinski definition) is 3. The highest BCUT2D eigenvalue weighted by Gasteiger charge is 2.17. The number of aliphatic hydroxyl groups excluding tert-OH is 2. The van der Waals surface area contributed by atoms with Crippen molar-refractivity contribution in [2.45, 2.75) is 270 Å². The average molecular weight is 706 g/mol. The lowest BCUT2D eigenvalue weighted by Gasteiger charge is -2.20. The summed E-state index contributed by atoms with van der Waals surface area (Å²) in [5.74, 6) is -0.0648. The van der Waals surface area contributed by atoms with Crippen LogP contribution in [0, 0.1) is 0 Å². The molecule has 0 saturated heterocycles. The number of carbonyl (C=O) groups excluding carboxylic acids is 1. The zero-order chi connectivity index (χ0) is 36.4. The van der Waals surface area contributed by atoms with Gasteiger partial charge in [0.15, 0.2) is 0 Å². The summed E-state index contributed by atoms with van der Waals surface area (Å²) in [5.41, 5.74) is 0. The van der Waals surface area contributed by atoms with Crippen LogP contribution in [-0.2, 0) is 4.79 Å². The molecule has 0 aliphatic rings. The minimum atomic E-state index is -0.830. The van der Waals surface area contributed by atoms with Gasteiger partial charge >= 0.3 is 0 Å². The molecular weight excluding hydrogens is 615 g/mol. The molecule has 0 aromatic rings. The van der Waals surface area contributed by atoms with E-state index >= 15 is 0 Å². The Morgan fingerprint density at radius 3 is 1.04 bits per heavy atom. The maximum Gasteiger partial charge on any atom is 0.220 e. The van der Waals surface area contributed by atoms with Crippen molar-refractivity contribution < 1.29 is 15.0 Å². The predicted octanol–water partition coefficient (Wildman–Crippen LogP) is 14.2. The molecule has 298 valence electrons. The smallest absolute Gasteiger partial charge is 0.220 e. The average Bonchev–Trinajstić information content (AvgIpc) is 3.12. The molecule has 0 spiro atoms. The molecule has 1 amide bonds. The van der Waals surface area contributed by atoms with Crippen LogP contribution in [0.4, 0.5) is 0 Å². The van der Waals surface area contributed by atoms with Crippen LogP contribution in [0.5, 0.6) is 0 Å². The molecule has 0 bridgehead atoms. The predicted molar refractivity (Wildman–Crippen MR) is 221 cm³/mol. The van der Waals surface area contributed by atoms with Crippen molar-refractivity contribution in [2.75, 3.05) is 6.61 Å². The molecule has 0 fully saturated rings. The molecule has 2 atom stereocenters. The van der Waals surface area contributed by atoms with Gasteiger partial charge in [-0.15, -0.1) is 0 Å². The highest BCUT2D eigenvalue weighted by atomic mass is 16.3. The second kappa shape index (κ2) is 42.5. The van der Waals surface area contributed by atoms with Gasteiger partial charge in [-0.05, 0) is 19.3 Å². The van der Waals surface area contributed by atoms with E-state index in [0.29, 0.717) is 6.42 Å². The maximum atomic E-state index is 12.3. The molecule has 4 nitrogen and oxygen atoms in total. The van der Waals surface area contributed by atoms with Crippen LogP contribution in [-0.4, -0.2) is 34.9 Å². The number of rotatable bonds is 42. The number of carbonyl (C=O) groups is 1. The van der Waals surface area contributed by atoms with E-state index in [1.165, 1.54) is 212 Å². The summed E-state index contributed by atoms with van der Waals surface area (Å²) in [6.45, 7) is 4.25. The van der Waals surface area contributed by atoms with Gasteiger partial charge in [-0.2, -0.15) is 0 Å². The Morgan fingerprint density at radius 2 is 0.740 bits per heavy atom.